The molecule has 2 aliphatic carbocycles. The maximum atomic E-state index is 14.5. The number of nitrogens with two attached hydrogens (primary N) is 3. The molecule has 0 saturated heterocycles. The van der Waals surface area contributed by atoms with Crippen LogP contribution in [0.3, 0.4) is 0 Å². The highest BCUT2D eigenvalue weighted by Crippen LogP contribution is 2.38. The Hall–Kier alpha value is -9.32. The van der Waals surface area contributed by atoms with Crippen molar-refractivity contribution in [1.29, 1.82) is 0 Å². The van der Waals surface area contributed by atoms with Crippen LogP contribution in [0.25, 0.3) is 0 Å². The fourth-order valence-corrected chi connectivity index (χ4v) is 8.03. The highest BCUT2D eigenvalue weighted by atomic mass is 19.1. The van der Waals surface area contributed by atoms with Gasteiger partial charge in [-0.05, 0) is 152 Å². The van der Waals surface area contributed by atoms with Crippen LogP contribution in [0.1, 0.15) is 108 Å². The predicted molar refractivity (Wildman–Crippen MR) is 305 cm³/mol. The summed E-state index contributed by atoms with van der Waals surface area (Å²) in [6.07, 6.45) is 1.58. The van der Waals surface area contributed by atoms with Gasteiger partial charge in [0.1, 0.15) is 34.6 Å². The lowest BCUT2D eigenvalue weighted by Gasteiger charge is -2.31. The van der Waals surface area contributed by atoms with Gasteiger partial charge < -0.3 is 50.5 Å². The van der Waals surface area contributed by atoms with Crippen molar-refractivity contribution in [1.82, 2.24) is 4.90 Å². The first-order chi connectivity index (χ1) is 38.7. The number of ether oxygens (including phenoxy) is 6. The molecule has 0 heterocycles. The average molecular weight is 1170 g/mol. The number of nitrogens with zero attached hydrogens (tertiary/aromatic N) is 3. The molecule has 6 aromatic rings. The van der Waals surface area contributed by atoms with Crippen LogP contribution in [0.15, 0.2) is 109 Å². The number of anilines is 2. The minimum absolute atomic E-state index is 0. The van der Waals surface area contributed by atoms with Crippen LogP contribution in [-0.4, -0.2) is 68.3 Å². The molecule has 0 spiro atoms. The first kappa shape index (κ1) is 67.2. The summed E-state index contributed by atoms with van der Waals surface area (Å²) in [5.41, 5.74) is 17.4. The summed E-state index contributed by atoms with van der Waals surface area (Å²) >= 11 is 0. The number of carbonyl (C=O) groups excluding carboxylic acids is 4. The van der Waals surface area contributed by atoms with Crippen LogP contribution in [0.4, 0.5) is 54.7 Å². The third-order valence-corrected chi connectivity index (χ3v) is 11.6. The zero-order valence-electron chi connectivity index (χ0n) is 47.0. The number of nitro benzene ring substituents is 2. The number of nitrogen functional groups attached to an aromatic ring is 2. The van der Waals surface area contributed by atoms with Crippen molar-refractivity contribution in [3.63, 3.8) is 0 Å². The van der Waals surface area contributed by atoms with Crippen LogP contribution >= 0.6 is 0 Å². The zero-order valence-corrected chi connectivity index (χ0v) is 47.0. The van der Waals surface area contributed by atoms with E-state index in [0.29, 0.717) is 42.9 Å². The SMILES string of the molecule is C.CC(C)(C)OC(=O)N(Cc1ccc(Oc2c(F)cc([N+](=O)[O-])c(N)c2F)cc1)C1Cc2ccccc2C1.CC(C)(C)OC(=O)OC(=O)OC(C)(C)C.NC1Cc2ccccc2C1.Nc1c([N+](=O)[O-])cc(F)c(Oc2ccc(C=O)cc2)c1F. The molecule has 84 heavy (non-hydrogen) atoms. The number of rotatable bonds is 10. The molecular weight excluding hydrogens is 1100 g/mol. The number of aldehydes is 1. The highest BCUT2D eigenvalue weighted by Gasteiger charge is 2.34. The van der Waals surface area contributed by atoms with Crippen molar-refractivity contribution in [2.75, 3.05) is 11.5 Å². The summed E-state index contributed by atoms with van der Waals surface area (Å²) in [7, 11) is 0. The second-order valence-corrected chi connectivity index (χ2v) is 21.8. The van der Waals surface area contributed by atoms with Crippen LogP contribution < -0.4 is 26.7 Å². The van der Waals surface area contributed by atoms with E-state index in [1.165, 1.54) is 58.7 Å². The van der Waals surface area contributed by atoms with E-state index in [9.17, 15) is 57.0 Å². The number of amides is 1. The van der Waals surface area contributed by atoms with Gasteiger partial charge in [0.15, 0.2) is 34.6 Å². The van der Waals surface area contributed by atoms with Crippen LogP contribution in [0.5, 0.6) is 23.0 Å². The highest BCUT2D eigenvalue weighted by molar-refractivity contribution is 5.77. The van der Waals surface area contributed by atoms with Crippen molar-refractivity contribution >= 4 is 47.4 Å². The molecule has 0 radical (unpaired) electrons. The fraction of sp³-hybridized carbons (Fsp3) is 0.333. The van der Waals surface area contributed by atoms with Gasteiger partial charge in [-0.3, -0.25) is 25.0 Å². The molecule has 6 aromatic carbocycles. The van der Waals surface area contributed by atoms with Gasteiger partial charge in [-0.1, -0.05) is 68.1 Å². The lowest BCUT2D eigenvalue weighted by atomic mass is 10.1. The number of carbonyl (C=O) groups is 4. The summed E-state index contributed by atoms with van der Waals surface area (Å²) < 4.78 is 86.1. The topological polar surface area (TPSA) is 291 Å². The lowest BCUT2D eigenvalue weighted by molar-refractivity contribution is -0.384. The van der Waals surface area contributed by atoms with E-state index < -0.39 is 103 Å². The number of nitro groups is 2. The summed E-state index contributed by atoms with van der Waals surface area (Å²) in [5, 5.41) is 21.5. The van der Waals surface area contributed by atoms with Crippen molar-refractivity contribution in [2.24, 2.45) is 5.73 Å². The quantitative estimate of drug-likeness (QED) is 0.0168. The summed E-state index contributed by atoms with van der Waals surface area (Å²) in [6, 6.07) is 29.5. The van der Waals surface area contributed by atoms with Gasteiger partial charge in [0.2, 0.25) is 11.5 Å². The maximum absolute atomic E-state index is 14.5. The molecule has 6 N–H and O–H groups in total. The molecule has 0 saturated carbocycles. The van der Waals surface area contributed by atoms with E-state index in [2.05, 4.69) is 41.1 Å². The zero-order chi connectivity index (χ0) is 61.7. The molecule has 1 amide bonds. The smallest absolute Gasteiger partial charge is 0.451 e. The van der Waals surface area contributed by atoms with E-state index in [4.69, 9.17) is 40.9 Å². The van der Waals surface area contributed by atoms with Gasteiger partial charge >= 0.3 is 18.4 Å². The van der Waals surface area contributed by atoms with Gasteiger partial charge in [0.05, 0.1) is 22.0 Å². The van der Waals surface area contributed by atoms with Gasteiger partial charge in [-0.2, -0.15) is 0 Å². The van der Waals surface area contributed by atoms with Gasteiger partial charge in [0, 0.05) is 24.2 Å². The average Bonchev–Trinajstić information content (AvgIpc) is 3.58. The normalized spacial score (nSPS) is 12.5. The van der Waals surface area contributed by atoms with Gasteiger partial charge in [-0.25, -0.2) is 31.9 Å². The Morgan fingerprint density at radius 1 is 0.595 bits per heavy atom. The molecular formula is C60H68F4N6O14. The monoisotopic (exact) mass is 1170 g/mol. The van der Waals surface area contributed by atoms with E-state index in [1.54, 1.807) is 58.6 Å². The molecule has 24 heteroatoms. The first-order valence-corrected chi connectivity index (χ1v) is 25.6. The van der Waals surface area contributed by atoms with Gasteiger partial charge in [-0.15, -0.1) is 0 Å². The van der Waals surface area contributed by atoms with Gasteiger partial charge in [0.25, 0.3) is 11.4 Å². The molecule has 0 fully saturated rings. The minimum atomic E-state index is -1.36. The third kappa shape index (κ3) is 19.7. The maximum Gasteiger partial charge on any atom is 0.519 e. The van der Waals surface area contributed by atoms with Crippen molar-refractivity contribution in [3.8, 4) is 23.0 Å². The number of hydrogen-bond donors (Lipinski definition) is 3. The van der Waals surface area contributed by atoms with Crippen molar-refractivity contribution in [2.45, 2.75) is 131 Å². The second-order valence-electron chi connectivity index (χ2n) is 21.8. The number of benzene rings is 6. The summed E-state index contributed by atoms with van der Waals surface area (Å²) in [4.78, 5) is 66.9. The molecule has 0 atom stereocenters. The first-order valence-electron chi connectivity index (χ1n) is 25.6. The third-order valence-electron chi connectivity index (χ3n) is 11.6. The Bertz CT molecular complexity index is 3250. The summed E-state index contributed by atoms with van der Waals surface area (Å²) in [5.74, 6) is -6.77. The number of hydrogen-bond acceptors (Lipinski definition) is 17. The van der Waals surface area contributed by atoms with E-state index in [-0.39, 0.29) is 31.5 Å². The molecule has 20 nitrogen and oxygen atoms in total. The number of halogens is 4. The van der Waals surface area contributed by atoms with E-state index in [0.717, 1.165) is 18.4 Å². The molecule has 0 bridgehead atoms. The Morgan fingerprint density at radius 3 is 1.30 bits per heavy atom. The van der Waals surface area contributed by atoms with E-state index in [1.807, 2.05) is 32.9 Å². The van der Waals surface area contributed by atoms with E-state index >= 15 is 0 Å². The molecule has 8 rings (SSSR count). The summed E-state index contributed by atoms with van der Waals surface area (Å²) in [6.45, 7) is 15.7. The standard InChI is InChI=1S/C27H27F2N3O5.C13H8F2N2O4.C10H18O5.C9H11N.CH4/c1-27(2,3)37-26(33)31(19-12-17-6-4-5-7-18(17)13-19)15-16-8-10-20(11-9-16)36-25-21(28)14-22(32(34)35)24(30)23(25)29;14-9-5-10(17(19)20)12(16)11(15)13(9)21-8-3-1-7(6-18)2-4-8;1-9(2,3)14-7(11)13-8(12)15-10(4,5)6;10-9-5-7-3-1-2-4-8(7)6-9;/h4-11,14,19H,12-13,15,30H2,1-3H3;1-6H,16H2;1-6H3;1-4,9H,5-6,10H2;1H4. The van der Waals surface area contributed by atoms with Crippen LogP contribution in [0.2, 0.25) is 0 Å². The molecule has 0 unspecified atom stereocenters. The molecule has 0 aromatic heterocycles. The molecule has 450 valence electrons. The Balaban J connectivity index is 0.000000270. The van der Waals surface area contributed by atoms with Crippen molar-refractivity contribution in [3.05, 3.63) is 186 Å². The molecule has 0 aliphatic heterocycles. The largest absolute Gasteiger partial charge is 0.519 e. The van der Waals surface area contributed by atoms with Crippen molar-refractivity contribution < 1.29 is 75.0 Å². The fourth-order valence-electron chi connectivity index (χ4n) is 8.03. The Kier molecular flexibility index (Phi) is 22.9. The van der Waals surface area contributed by atoms with Crippen LogP contribution in [-0.2, 0) is 51.2 Å². The Morgan fingerprint density at radius 2 is 0.952 bits per heavy atom. The minimum Gasteiger partial charge on any atom is -0.451 e. The van der Waals surface area contributed by atoms with Crippen LogP contribution in [0, 0.1) is 43.5 Å². The number of fused-ring (bicyclic) bond motifs is 2. The lowest BCUT2D eigenvalue weighted by Crippen LogP contribution is -2.43. The second kappa shape index (κ2) is 28.6. The predicted octanol–water partition coefficient (Wildman–Crippen LogP) is 13.8. The Labute approximate surface area is 483 Å². The molecule has 2 aliphatic rings.